The van der Waals surface area contributed by atoms with E-state index in [4.69, 9.17) is 0 Å². The quantitative estimate of drug-likeness (QED) is 0.686. The molecule has 1 aromatic heterocycles. The topological polar surface area (TPSA) is 40.7 Å². The van der Waals surface area contributed by atoms with E-state index in [1.165, 1.54) is 0 Å². The van der Waals surface area contributed by atoms with E-state index >= 15 is 0 Å². The maximum Gasteiger partial charge on any atom is 0.108 e. The number of rotatable bonds is 3. The SMILES string of the molecule is CNCc1cnc(C(C)C)[nH]1. The van der Waals surface area contributed by atoms with Crippen molar-refractivity contribution < 1.29 is 0 Å². The first-order chi connectivity index (χ1) is 5.24. The molecule has 0 aliphatic rings. The lowest BCUT2D eigenvalue weighted by atomic mass is 10.2. The van der Waals surface area contributed by atoms with E-state index in [9.17, 15) is 0 Å². The van der Waals surface area contributed by atoms with Gasteiger partial charge < -0.3 is 10.3 Å². The summed E-state index contributed by atoms with van der Waals surface area (Å²) in [6, 6.07) is 0. The lowest BCUT2D eigenvalue weighted by Crippen LogP contribution is -2.05. The summed E-state index contributed by atoms with van der Waals surface area (Å²) in [5.41, 5.74) is 1.15. The van der Waals surface area contributed by atoms with Gasteiger partial charge in [-0.25, -0.2) is 4.98 Å². The van der Waals surface area contributed by atoms with Gasteiger partial charge in [0.25, 0.3) is 0 Å². The third kappa shape index (κ3) is 2.05. The van der Waals surface area contributed by atoms with Crippen molar-refractivity contribution >= 4 is 0 Å². The lowest BCUT2D eigenvalue weighted by molar-refractivity contribution is 0.764. The van der Waals surface area contributed by atoms with E-state index in [-0.39, 0.29) is 0 Å². The number of aromatic amines is 1. The van der Waals surface area contributed by atoms with E-state index in [0.29, 0.717) is 5.92 Å². The van der Waals surface area contributed by atoms with Crippen LogP contribution in [0.15, 0.2) is 6.20 Å². The Labute approximate surface area is 67.2 Å². The van der Waals surface area contributed by atoms with Crippen LogP contribution >= 0.6 is 0 Å². The smallest absolute Gasteiger partial charge is 0.108 e. The molecule has 0 aliphatic carbocycles. The Balaban J connectivity index is 2.66. The first kappa shape index (κ1) is 8.27. The number of nitrogens with zero attached hydrogens (tertiary/aromatic N) is 1. The first-order valence-electron chi connectivity index (χ1n) is 3.92. The molecule has 0 fully saturated rings. The molecule has 0 atom stereocenters. The summed E-state index contributed by atoms with van der Waals surface area (Å²) in [7, 11) is 1.93. The van der Waals surface area contributed by atoms with Gasteiger partial charge in [-0.15, -0.1) is 0 Å². The monoisotopic (exact) mass is 153 g/mol. The lowest BCUT2D eigenvalue weighted by Gasteiger charge is -1.97. The van der Waals surface area contributed by atoms with Gasteiger partial charge in [0, 0.05) is 24.4 Å². The standard InChI is InChI=1S/C8H15N3/c1-6(2)8-10-5-7(11-8)4-9-3/h5-6,9H,4H2,1-3H3,(H,10,11). The molecule has 0 radical (unpaired) electrons. The van der Waals surface area contributed by atoms with Gasteiger partial charge in [0.2, 0.25) is 0 Å². The summed E-state index contributed by atoms with van der Waals surface area (Å²) in [5, 5.41) is 3.06. The van der Waals surface area contributed by atoms with E-state index in [0.717, 1.165) is 18.1 Å². The molecular weight excluding hydrogens is 138 g/mol. The second-order valence-corrected chi connectivity index (χ2v) is 2.98. The van der Waals surface area contributed by atoms with Crippen LogP contribution in [-0.4, -0.2) is 17.0 Å². The summed E-state index contributed by atoms with van der Waals surface area (Å²) >= 11 is 0. The number of hydrogen-bond acceptors (Lipinski definition) is 2. The van der Waals surface area contributed by atoms with Gasteiger partial charge in [-0.05, 0) is 7.05 Å². The predicted molar refractivity (Wildman–Crippen MR) is 45.4 cm³/mol. The molecule has 0 aromatic carbocycles. The summed E-state index contributed by atoms with van der Waals surface area (Å²) in [4.78, 5) is 7.48. The molecule has 3 heteroatoms. The third-order valence-corrected chi connectivity index (χ3v) is 1.56. The molecule has 1 rings (SSSR count). The van der Waals surface area contributed by atoms with Crippen LogP contribution in [0.4, 0.5) is 0 Å². The van der Waals surface area contributed by atoms with Gasteiger partial charge in [-0.3, -0.25) is 0 Å². The van der Waals surface area contributed by atoms with Crippen molar-refractivity contribution in [1.82, 2.24) is 15.3 Å². The molecule has 1 heterocycles. The van der Waals surface area contributed by atoms with Gasteiger partial charge in [-0.1, -0.05) is 13.8 Å². The Bertz CT molecular complexity index is 215. The molecule has 0 saturated heterocycles. The van der Waals surface area contributed by atoms with Gasteiger partial charge >= 0.3 is 0 Å². The van der Waals surface area contributed by atoms with Crippen LogP contribution in [0.5, 0.6) is 0 Å². The van der Waals surface area contributed by atoms with Crippen molar-refractivity contribution in [3.8, 4) is 0 Å². The molecule has 0 unspecified atom stereocenters. The van der Waals surface area contributed by atoms with Crippen LogP contribution < -0.4 is 5.32 Å². The molecule has 11 heavy (non-hydrogen) atoms. The number of H-pyrrole nitrogens is 1. The molecule has 0 bridgehead atoms. The van der Waals surface area contributed by atoms with Crippen LogP contribution in [-0.2, 0) is 6.54 Å². The van der Waals surface area contributed by atoms with Gasteiger partial charge in [0.15, 0.2) is 0 Å². The highest BCUT2D eigenvalue weighted by Gasteiger charge is 2.02. The Hall–Kier alpha value is -0.830. The van der Waals surface area contributed by atoms with Crippen LogP contribution in [0.2, 0.25) is 0 Å². The van der Waals surface area contributed by atoms with E-state index in [2.05, 4.69) is 29.1 Å². The van der Waals surface area contributed by atoms with Crippen molar-refractivity contribution in [2.45, 2.75) is 26.3 Å². The Morgan fingerprint density at radius 1 is 1.64 bits per heavy atom. The molecular formula is C8H15N3. The first-order valence-corrected chi connectivity index (χ1v) is 3.92. The molecule has 0 spiro atoms. The minimum atomic E-state index is 0.487. The van der Waals surface area contributed by atoms with Gasteiger partial charge in [0.1, 0.15) is 5.82 Å². The highest BCUT2D eigenvalue weighted by Crippen LogP contribution is 2.08. The van der Waals surface area contributed by atoms with Crippen LogP contribution in [0, 0.1) is 0 Å². The molecule has 62 valence electrons. The van der Waals surface area contributed by atoms with Crippen LogP contribution in [0.3, 0.4) is 0 Å². The fourth-order valence-corrected chi connectivity index (χ4v) is 0.950. The Morgan fingerprint density at radius 2 is 2.36 bits per heavy atom. The molecule has 2 N–H and O–H groups in total. The van der Waals surface area contributed by atoms with Crippen LogP contribution in [0.25, 0.3) is 0 Å². The average molecular weight is 153 g/mol. The average Bonchev–Trinajstić information content (AvgIpc) is 2.37. The van der Waals surface area contributed by atoms with Crippen molar-refractivity contribution in [2.24, 2.45) is 0 Å². The minimum Gasteiger partial charge on any atom is -0.345 e. The second-order valence-electron chi connectivity index (χ2n) is 2.98. The van der Waals surface area contributed by atoms with E-state index in [1.807, 2.05) is 13.2 Å². The van der Waals surface area contributed by atoms with Gasteiger partial charge in [-0.2, -0.15) is 0 Å². The molecule has 3 nitrogen and oxygen atoms in total. The maximum atomic E-state index is 4.24. The highest BCUT2D eigenvalue weighted by atomic mass is 14.9. The summed E-state index contributed by atoms with van der Waals surface area (Å²) in [6.45, 7) is 5.11. The predicted octanol–water partition coefficient (Wildman–Crippen LogP) is 1.25. The second kappa shape index (κ2) is 3.53. The Morgan fingerprint density at radius 3 is 2.82 bits per heavy atom. The normalized spacial score (nSPS) is 10.9. The van der Waals surface area contributed by atoms with E-state index < -0.39 is 0 Å². The number of hydrogen-bond donors (Lipinski definition) is 2. The van der Waals surface area contributed by atoms with Crippen molar-refractivity contribution in [3.05, 3.63) is 17.7 Å². The summed E-state index contributed by atoms with van der Waals surface area (Å²) < 4.78 is 0. The van der Waals surface area contributed by atoms with Crippen molar-refractivity contribution in [1.29, 1.82) is 0 Å². The molecule has 1 aromatic rings. The third-order valence-electron chi connectivity index (χ3n) is 1.56. The zero-order valence-corrected chi connectivity index (χ0v) is 7.31. The zero-order valence-electron chi connectivity index (χ0n) is 7.31. The van der Waals surface area contributed by atoms with Crippen molar-refractivity contribution in [2.75, 3.05) is 7.05 Å². The largest absolute Gasteiger partial charge is 0.345 e. The number of nitrogens with one attached hydrogen (secondary N) is 2. The fraction of sp³-hybridized carbons (Fsp3) is 0.625. The fourth-order valence-electron chi connectivity index (χ4n) is 0.950. The summed E-state index contributed by atoms with van der Waals surface area (Å²) in [6.07, 6.45) is 1.88. The van der Waals surface area contributed by atoms with Crippen molar-refractivity contribution in [3.63, 3.8) is 0 Å². The minimum absolute atomic E-state index is 0.487. The molecule has 0 aliphatic heterocycles. The van der Waals surface area contributed by atoms with Crippen LogP contribution in [0.1, 0.15) is 31.3 Å². The van der Waals surface area contributed by atoms with Gasteiger partial charge in [0.05, 0.1) is 0 Å². The van der Waals surface area contributed by atoms with E-state index in [1.54, 1.807) is 0 Å². The maximum absolute atomic E-state index is 4.24. The number of imidazole rings is 1. The zero-order chi connectivity index (χ0) is 8.27. The molecule has 0 amide bonds. The number of aromatic nitrogens is 2. The highest BCUT2D eigenvalue weighted by molar-refractivity contribution is 5.03. The molecule has 0 saturated carbocycles. The summed E-state index contributed by atoms with van der Waals surface area (Å²) in [5.74, 6) is 1.55. The Kier molecular flexibility index (Phi) is 2.65.